The zero-order chi connectivity index (χ0) is 12.8. The van der Waals surface area contributed by atoms with E-state index in [1.165, 1.54) is 31.2 Å². The fraction of sp³-hybridized carbons (Fsp3) is 0.667. The van der Waals surface area contributed by atoms with Crippen molar-refractivity contribution in [3.63, 3.8) is 0 Å². The number of methoxy groups -OCH3 is 1. The van der Waals surface area contributed by atoms with Gasteiger partial charge in [0.25, 0.3) is 0 Å². The van der Waals surface area contributed by atoms with Crippen LogP contribution in [0.15, 0.2) is 24.5 Å². The van der Waals surface area contributed by atoms with Gasteiger partial charge in [-0.05, 0) is 37.8 Å². The van der Waals surface area contributed by atoms with Crippen LogP contribution in [0.25, 0.3) is 0 Å². The number of ether oxygens (including phenoxy) is 1. The summed E-state index contributed by atoms with van der Waals surface area (Å²) in [5.74, 6) is 0. The maximum absolute atomic E-state index is 5.26. The molecule has 0 aromatic carbocycles. The van der Waals surface area contributed by atoms with Gasteiger partial charge in [-0.2, -0.15) is 0 Å². The Labute approximate surface area is 110 Å². The molecule has 0 amide bonds. The van der Waals surface area contributed by atoms with E-state index in [0.29, 0.717) is 6.04 Å². The lowest BCUT2D eigenvalue weighted by atomic mass is 9.91. The molecule has 2 rings (SSSR count). The van der Waals surface area contributed by atoms with Crippen molar-refractivity contribution < 1.29 is 4.74 Å². The van der Waals surface area contributed by atoms with E-state index in [-0.39, 0.29) is 5.54 Å². The van der Waals surface area contributed by atoms with Crippen molar-refractivity contribution in [2.24, 2.45) is 0 Å². The van der Waals surface area contributed by atoms with Gasteiger partial charge in [-0.1, -0.05) is 18.9 Å². The minimum absolute atomic E-state index is 0.269. The fourth-order valence-electron chi connectivity index (χ4n) is 2.99. The van der Waals surface area contributed by atoms with Crippen LogP contribution in [-0.4, -0.2) is 24.2 Å². The van der Waals surface area contributed by atoms with Gasteiger partial charge < -0.3 is 10.1 Å². The number of aromatic nitrogens is 1. The maximum atomic E-state index is 5.26. The molecule has 1 heterocycles. The second-order valence-corrected chi connectivity index (χ2v) is 5.38. The number of nitrogens with zero attached hydrogens (tertiary/aromatic N) is 1. The Hall–Kier alpha value is -0.930. The first-order valence-electron chi connectivity index (χ1n) is 6.92. The Morgan fingerprint density at radius 1 is 1.44 bits per heavy atom. The normalized spacial score (nSPS) is 19.9. The highest BCUT2D eigenvalue weighted by molar-refractivity contribution is 5.14. The first-order chi connectivity index (χ1) is 8.76. The van der Waals surface area contributed by atoms with Crippen molar-refractivity contribution in [2.45, 2.75) is 50.6 Å². The molecule has 0 radical (unpaired) electrons. The topological polar surface area (TPSA) is 34.1 Å². The van der Waals surface area contributed by atoms with Crippen LogP contribution in [0.2, 0.25) is 0 Å². The molecule has 0 bridgehead atoms. The summed E-state index contributed by atoms with van der Waals surface area (Å²) in [5, 5.41) is 3.82. The average Bonchev–Trinajstić information content (AvgIpc) is 2.86. The summed E-state index contributed by atoms with van der Waals surface area (Å²) >= 11 is 0. The first-order valence-corrected chi connectivity index (χ1v) is 6.92. The van der Waals surface area contributed by atoms with Crippen LogP contribution in [0.4, 0.5) is 0 Å². The van der Waals surface area contributed by atoms with Gasteiger partial charge in [0.15, 0.2) is 0 Å². The molecule has 18 heavy (non-hydrogen) atoms. The van der Waals surface area contributed by atoms with Crippen molar-refractivity contribution in [2.75, 3.05) is 13.7 Å². The molecule has 1 aliphatic carbocycles. The zero-order valence-corrected chi connectivity index (χ0v) is 11.5. The minimum Gasteiger partial charge on any atom is -0.385 e. The highest BCUT2D eigenvalue weighted by Crippen LogP contribution is 2.34. The average molecular weight is 248 g/mol. The van der Waals surface area contributed by atoms with Gasteiger partial charge in [-0.3, -0.25) is 4.98 Å². The summed E-state index contributed by atoms with van der Waals surface area (Å²) in [6.07, 6.45) is 10.1. The minimum atomic E-state index is 0.269. The largest absolute Gasteiger partial charge is 0.385 e. The van der Waals surface area contributed by atoms with Crippen LogP contribution in [0.5, 0.6) is 0 Å². The second-order valence-electron chi connectivity index (χ2n) is 5.38. The summed E-state index contributed by atoms with van der Waals surface area (Å²) in [6, 6.07) is 4.50. The molecule has 1 fully saturated rings. The molecule has 1 aromatic rings. The summed E-state index contributed by atoms with van der Waals surface area (Å²) in [5.41, 5.74) is 1.53. The molecule has 0 saturated heterocycles. The molecule has 3 heteroatoms. The summed E-state index contributed by atoms with van der Waals surface area (Å²) < 4.78 is 5.26. The van der Waals surface area contributed by atoms with E-state index < -0.39 is 0 Å². The van der Waals surface area contributed by atoms with Crippen LogP contribution in [0.3, 0.4) is 0 Å². The molecule has 1 N–H and O–H groups in total. The molecule has 1 aliphatic rings. The van der Waals surface area contributed by atoms with E-state index in [0.717, 1.165) is 13.0 Å². The maximum Gasteiger partial charge on any atom is 0.0479 e. The molecule has 1 unspecified atom stereocenters. The van der Waals surface area contributed by atoms with Crippen LogP contribution in [0.1, 0.15) is 50.6 Å². The van der Waals surface area contributed by atoms with Gasteiger partial charge in [0, 0.05) is 37.7 Å². The Kier molecular flexibility index (Phi) is 4.72. The molecule has 1 atom stereocenters. The molecular weight excluding hydrogens is 224 g/mol. The van der Waals surface area contributed by atoms with Crippen molar-refractivity contribution in [3.8, 4) is 0 Å². The lowest BCUT2D eigenvalue weighted by Crippen LogP contribution is -2.44. The lowest BCUT2D eigenvalue weighted by Gasteiger charge is -2.34. The van der Waals surface area contributed by atoms with Gasteiger partial charge in [0.2, 0.25) is 0 Å². The van der Waals surface area contributed by atoms with Crippen LogP contribution in [-0.2, 0) is 4.74 Å². The highest BCUT2D eigenvalue weighted by Gasteiger charge is 2.34. The summed E-state index contributed by atoms with van der Waals surface area (Å²) in [4.78, 5) is 4.20. The fourth-order valence-corrected chi connectivity index (χ4v) is 2.99. The van der Waals surface area contributed by atoms with Crippen LogP contribution >= 0.6 is 0 Å². The SMILES string of the molecule is COCCC1(NC(C)c2cccnc2)CCCC1. The Morgan fingerprint density at radius 2 is 2.22 bits per heavy atom. The number of pyridine rings is 1. The number of nitrogens with one attached hydrogen (secondary N) is 1. The molecule has 100 valence electrons. The van der Waals surface area contributed by atoms with Gasteiger partial charge >= 0.3 is 0 Å². The van der Waals surface area contributed by atoms with Crippen molar-refractivity contribution in [1.29, 1.82) is 0 Å². The third-order valence-corrected chi connectivity index (χ3v) is 4.05. The third kappa shape index (κ3) is 3.30. The van der Waals surface area contributed by atoms with E-state index in [4.69, 9.17) is 4.74 Å². The summed E-state index contributed by atoms with van der Waals surface area (Å²) in [6.45, 7) is 3.07. The Morgan fingerprint density at radius 3 is 2.83 bits per heavy atom. The van der Waals surface area contributed by atoms with E-state index >= 15 is 0 Å². The van der Waals surface area contributed by atoms with E-state index in [2.05, 4.69) is 23.3 Å². The molecular formula is C15H24N2O. The van der Waals surface area contributed by atoms with Crippen LogP contribution in [0, 0.1) is 0 Å². The van der Waals surface area contributed by atoms with Crippen molar-refractivity contribution in [1.82, 2.24) is 10.3 Å². The van der Waals surface area contributed by atoms with Crippen molar-refractivity contribution in [3.05, 3.63) is 30.1 Å². The van der Waals surface area contributed by atoms with E-state index in [1.807, 2.05) is 18.5 Å². The smallest absolute Gasteiger partial charge is 0.0479 e. The molecule has 0 aliphatic heterocycles. The Balaban J connectivity index is 2.00. The molecule has 3 nitrogen and oxygen atoms in total. The standard InChI is InChI=1S/C15H24N2O/c1-13(14-6-5-10-16-12-14)17-15(9-11-18-2)7-3-4-8-15/h5-6,10,12-13,17H,3-4,7-9,11H2,1-2H3. The lowest BCUT2D eigenvalue weighted by molar-refractivity contribution is 0.149. The number of hydrogen-bond donors (Lipinski definition) is 1. The number of rotatable bonds is 6. The molecule has 1 aromatic heterocycles. The zero-order valence-electron chi connectivity index (χ0n) is 11.5. The van der Waals surface area contributed by atoms with Gasteiger partial charge in [-0.15, -0.1) is 0 Å². The Bertz CT molecular complexity index is 347. The second kappa shape index (κ2) is 6.30. The predicted octanol–water partition coefficient (Wildman–Crippen LogP) is 3.08. The van der Waals surface area contributed by atoms with Crippen molar-refractivity contribution >= 4 is 0 Å². The van der Waals surface area contributed by atoms with Gasteiger partial charge in [-0.25, -0.2) is 0 Å². The van der Waals surface area contributed by atoms with Gasteiger partial charge in [0.1, 0.15) is 0 Å². The summed E-state index contributed by atoms with van der Waals surface area (Å²) in [7, 11) is 1.78. The third-order valence-electron chi connectivity index (χ3n) is 4.05. The molecule has 1 saturated carbocycles. The van der Waals surface area contributed by atoms with E-state index in [1.54, 1.807) is 7.11 Å². The van der Waals surface area contributed by atoms with Crippen LogP contribution < -0.4 is 5.32 Å². The number of hydrogen-bond acceptors (Lipinski definition) is 3. The monoisotopic (exact) mass is 248 g/mol. The molecule has 0 spiro atoms. The van der Waals surface area contributed by atoms with Gasteiger partial charge in [0.05, 0.1) is 0 Å². The quantitative estimate of drug-likeness (QED) is 0.840. The first kappa shape index (κ1) is 13.5. The predicted molar refractivity (Wildman–Crippen MR) is 73.5 cm³/mol. The highest BCUT2D eigenvalue weighted by atomic mass is 16.5. The van der Waals surface area contributed by atoms with E-state index in [9.17, 15) is 0 Å².